The van der Waals surface area contributed by atoms with Gasteiger partial charge in [0.2, 0.25) is 0 Å². The topological polar surface area (TPSA) is 69.6 Å². The first kappa shape index (κ1) is 15.7. The lowest BCUT2D eigenvalue weighted by atomic mass is 10.1. The molecule has 0 heterocycles. The van der Waals surface area contributed by atoms with Gasteiger partial charge in [0, 0.05) is 18.6 Å². The Morgan fingerprint density at radius 2 is 1.88 bits per heavy atom. The molecule has 0 fully saturated rings. The Bertz CT molecular complexity index is 254. The van der Waals surface area contributed by atoms with Crippen LogP contribution >= 0.6 is 0 Å². The predicted octanol–water partition coefficient (Wildman–Crippen LogP) is 2.07. The third-order valence-electron chi connectivity index (χ3n) is 2.59. The number of nitrogens with one attached hydrogen (secondary N) is 1. The van der Waals surface area contributed by atoms with Crippen LogP contribution in [0.4, 0.5) is 4.79 Å². The van der Waals surface area contributed by atoms with Crippen LogP contribution < -0.4 is 5.32 Å². The molecule has 0 aromatic carbocycles. The largest absolute Gasteiger partial charge is 0.481 e. The van der Waals surface area contributed by atoms with Crippen LogP contribution in [0.15, 0.2) is 0 Å². The van der Waals surface area contributed by atoms with Crippen molar-refractivity contribution in [3.05, 3.63) is 0 Å². The summed E-state index contributed by atoms with van der Waals surface area (Å²) in [5.41, 5.74) is 0. The Hall–Kier alpha value is -1.26. The first-order chi connectivity index (χ1) is 7.92. The molecule has 17 heavy (non-hydrogen) atoms. The molecule has 100 valence electrons. The van der Waals surface area contributed by atoms with Crippen molar-refractivity contribution in [2.75, 3.05) is 6.54 Å². The molecule has 1 unspecified atom stereocenters. The number of hydrogen-bond donors (Lipinski definition) is 2. The van der Waals surface area contributed by atoms with Crippen LogP contribution in [0.25, 0.3) is 0 Å². The lowest BCUT2D eigenvalue weighted by Crippen LogP contribution is -2.48. The zero-order valence-electron chi connectivity index (χ0n) is 11.2. The number of hydrogen-bond acceptors (Lipinski definition) is 2. The van der Waals surface area contributed by atoms with Gasteiger partial charge in [-0.15, -0.1) is 0 Å². The summed E-state index contributed by atoms with van der Waals surface area (Å²) in [4.78, 5) is 24.3. The summed E-state index contributed by atoms with van der Waals surface area (Å²) in [5, 5.41) is 11.5. The second-order valence-electron chi connectivity index (χ2n) is 4.44. The third-order valence-corrected chi connectivity index (χ3v) is 2.59. The highest BCUT2D eigenvalue weighted by atomic mass is 16.4. The molecule has 0 bridgehead atoms. The predicted molar refractivity (Wildman–Crippen MR) is 67.0 cm³/mol. The fourth-order valence-electron chi connectivity index (χ4n) is 1.60. The minimum absolute atomic E-state index is 0.0275. The lowest BCUT2D eigenvalue weighted by molar-refractivity contribution is -0.137. The molecule has 5 heteroatoms. The zero-order chi connectivity index (χ0) is 13.4. The van der Waals surface area contributed by atoms with E-state index >= 15 is 0 Å². The Morgan fingerprint density at radius 3 is 2.24 bits per heavy atom. The molecule has 0 aliphatic carbocycles. The molecule has 0 rings (SSSR count). The summed E-state index contributed by atoms with van der Waals surface area (Å²) in [7, 11) is 0. The van der Waals surface area contributed by atoms with Crippen LogP contribution in [-0.2, 0) is 4.79 Å². The first-order valence-corrected chi connectivity index (χ1v) is 6.21. The monoisotopic (exact) mass is 244 g/mol. The highest BCUT2D eigenvalue weighted by Crippen LogP contribution is 2.04. The fourth-order valence-corrected chi connectivity index (χ4v) is 1.60. The number of rotatable bonds is 7. The van der Waals surface area contributed by atoms with E-state index in [1.54, 1.807) is 4.90 Å². The lowest BCUT2D eigenvalue weighted by Gasteiger charge is -2.28. The van der Waals surface area contributed by atoms with Gasteiger partial charge in [-0.2, -0.15) is 0 Å². The molecule has 0 aromatic rings. The van der Waals surface area contributed by atoms with E-state index in [-0.39, 0.29) is 24.5 Å². The quantitative estimate of drug-likeness (QED) is 0.720. The van der Waals surface area contributed by atoms with E-state index in [9.17, 15) is 9.59 Å². The number of urea groups is 1. The number of carboxylic acids is 1. The third kappa shape index (κ3) is 6.14. The van der Waals surface area contributed by atoms with E-state index in [2.05, 4.69) is 5.32 Å². The number of aliphatic carboxylic acids is 1. The Balaban J connectivity index is 4.40. The van der Waals surface area contributed by atoms with Crippen LogP contribution in [0.1, 0.15) is 47.0 Å². The van der Waals surface area contributed by atoms with Crippen molar-refractivity contribution in [2.24, 2.45) is 0 Å². The smallest absolute Gasteiger partial charge is 0.317 e. The molecule has 2 N–H and O–H groups in total. The van der Waals surface area contributed by atoms with Gasteiger partial charge in [0.05, 0.1) is 6.42 Å². The number of carbonyl (C=O) groups is 2. The Morgan fingerprint density at radius 1 is 1.29 bits per heavy atom. The van der Waals surface area contributed by atoms with Gasteiger partial charge in [-0.05, 0) is 26.7 Å². The zero-order valence-corrected chi connectivity index (χ0v) is 11.2. The number of nitrogens with zero attached hydrogens (tertiary/aromatic N) is 1. The van der Waals surface area contributed by atoms with Crippen molar-refractivity contribution in [3.8, 4) is 0 Å². The van der Waals surface area contributed by atoms with Gasteiger partial charge in [0.15, 0.2) is 0 Å². The van der Waals surface area contributed by atoms with Gasteiger partial charge < -0.3 is 15.3 Å². The van der Waals surface area contributed by atoms with Gasteiger partial charge in [-0.1, -0.05) is 13.8 Å². The molecule has 0 aliphatic rings. The second kappa shape index (κ2) is 7.92. The Kier molecular flexibility index (Phi) is 7.34. The maximum atomic E-state index is 11.9. The molecule has 0 aromatic heterocycles. The van der Waals surface area contributed by atoms with Gasteiger partial charge in [0.25, 0.3) is 0 Å². The van der Waals surface area contributed by atoms with Gasteiger partial charge >= 0.3 is 12.0 Å². The molecule has 0 radical (unpaired) electrons. The molecule has 0 saturated carbocycles. The van der Waals surface area contributed by atoms with Crippen LogP contribution in [0.5, 0.6) is 0 Å². The van der Waals surface area contributed by atoms with Crippen molar-refractivity contribution < 1.29 is 14.7 Å². The van der Waals surface area contributed by atoms with Crippen molar-refractivity contribution in [1.82, 2.24) is 10.2 Å². The molecule has 0 aliphatic heterocycles. The molecule has 0 saturated heterocycles. The number of amides is 2. The minimum atomic E-state index is -0.885. The SMILES string of the molecule is CCCN(C(=O)NC(CC)CC(=O)O)C(C)C. The normalized spacial score (nSPS) is 12.3. The van der Waals surface area contributed by atoms with Crippen molar-refractivity contribution in [1.29, 1.82) is 0 Å². The van der Waals surface area contributed by atoms with E-state index in [1.165, 1.54) is 0 Å². The number of carboxylic acid groups (broad SMARTS) is 1. The van der Waals surface area contributed by atoms with E-state index in [0.717, 1.165) is 6.42 Å². The summed E-state index contributed by atoms with van der Waals surface area (Å²) in [6, 6.07) is -0.342. The summed E-state index contributed by atoms with van der Waals surface area (Å²) < 4.78 is 0. The van der Waals surface area contributed by atoms with E-state index in [0.29, 0.717) is 13.0 Å². The highest BCUT2D eigenvalue weighted by Gasteiger charge is 2.20. The first-order valence-electron chi connectivity index (χ1n) is 6.21. The average Bonchev–Trinajstić information content (AvgIpc) is 2.23. The summed E-state index contributed by atoms with van der Waals surface area (Å²) in [5.74, 6) is -0.885. The van der Waals surface area contributed by atoms with E-state index < -0.39 is 5.97 Å². The summed E-state index contributed by atoms with van der Waals surface area (Å²) in [6.45, 7) is 8.47. The standard InChI is InChI=1S/C12H24N2O3/c1-5-7-14(9(3)4)12(17)13-10(6-2)8-11(15)16/h9-10H,5-8H2,1-4H3,(H,13,17)(H,15,16). The van der Waals surface area contributed by atoms with Gasteiger partial charge in [-0.25, -0.2) is 4.79 Å². The number of carbonyl (C=O) groups excluding carboxylic acids is 1. The maximum Gasteiger partial charge on any atom is 0.317 e. The van der Waals surface area contributed by atoms with Crippen LogP contribution in [0, 0.1) is 0 Å². The summed E-state index contributed by atoms with van der Waals surface area (Å²) >= 11 is 0. The molecule has 5 nitrogen and oxygen atoms in total. The minimum Gasteiger partial charge on any atom is -0.481 e. The summed E-state index contributed by atoms with van der Waals surface area (Å²) in [6.07, 6.45) is 1.48. The molecular weight excluding hydrogens is 220 g/mol. The van der Waals surface area contributed by atoms with Gasteiger partial charge in [-0.3, -0.25) is 4.79 Å². The molecule has 1 atom stereocenters. The fraction of sp³-hybridized carbons (Fsp3) is 0.833. The molecule has 0 spiro atoms. The van der Waals surface area contributed by atoms with Crippen LogP contribution in [0.3, 0.4) is 0 Å². The highest BCUT2D eigenvalue weighted by molar-refractivity contribution is 5.76. The van der Waals surface area contributed by atoms with E-state index in [4.69, 9.17) is 5.11 Å². The molecular formula is C12H24N2O3. The second-order valence-corrected chi connectivity index (χ2v) is 4.44. The van der Waals surface area contributed by atoms with E-state index in [1.807, 2.05) is 27.7 Å². The van der Waals surface area contributed by atoms with Crippen molar-refractivity contribution in [2.45, 2.75) is 59.0 Å². The molecule has 2 amide bonds. The average molecular weight is 244 g/mol. The van der Waals surface area contributed by atoms with Gasteiger partial charge in [0.1, 0.15) is 0 Å². The van der Waals surface area contributed by atoms with Crippen molar-refractivity contribution >= 4 is 12.0 Å². The Labute approximate surface area is 103 Å². The van der Waals surface area contributed by atoms with Crippen LogP contribution in [0.2, 0.25) is 0 Å². The van der Waals surface area contributed by atoms with Crippen molar-refractivity contribution in [3.63, 3.8) is 0 Å². The van der Waals surface area contributed by atoms with Crippen LogP contribution in [-0.4, -0.2) is 40.6 Å². The maximum absolute atomic E-state index is 11.9.